The number of carbonyl (C=O) groups excluding carboxylic acids is 1. The lowest BCUT2D eigenvalue weighted by Gasteiger charge is -2.34. The van der Waals surface area contributed by atoms with Gasteiger partial charge in [-0.1, -0.05) is 6.92 Å². The Balaban J connectivity index is 1.64. The maximum atomic E-state index is 12.7. The number of anilines is 1. The molecule has 0 radical (unpaired) electrons. The van der Waals surface area contributed by atoms with Crippen LogP contribution in [0.3, 0.4) is 0 Å². The Morgan fingerprint density at radius 1 is 1.29 bits per heavy atom. The molecule has 2 heterocycles. The highest BCUT2D eigenvalue weighted by atomic mass is 16.2. The highest BCUT2D eigenvalue weighted by Gasteiger charge is 2.30. The molecule has 21 heavy (non-hydrogen) atoms. The highest BCUT2D eigenvalue weighted by molar-refractivity contribution is 5.98. The first kappa shape index (κ1) is 14.4. The number of aryl methyl sites for hydroxylation is 2. The molecule has 1 saturated heterocycles. The summed E-state index contributed by atoms with van der Waals surface area (Å²) in [5.74, 6) is 0.931. The summed E-state index contributed by atoms with van der Waals surface area (Å²) in [6.07, 6.45) is 3.51. The molecule has 116 valence electrons. The molecule has 2 fully saturated rings. The molecule has 0 bridgehead atoms. The lowest BCUT2D eigenvalue weighted by Crippen LogP contribution is -2.49. The van der Waals surface area contributed by atoms with Crippen LogP contribution in [0, 0.1) is 5.92 Å². The third kappa shape index (κ3) is 2.90. The van der Waals surface area contributed by atoms with Crippen molar-refractivity contribution in [2.24, 2.45) is 13.0 Å². The summed E-state index contributed by atoms with van der Waals surface area (Å²) in [4.78, 5) is 17.1. The highest BCUT2D eigenvalue weighted by Crippen LogP contribution is 2.30. The summed E-state index contributed by atoms with van der Waals surface area (Å²) in [5.41, 5.74) is 7.99. The summed E-state index contributed by atoms with van der Waals surface area (Å²) in [7, 11) is 1.80. The van der Waals surface area contributed by atoms with E-state index in [1.165, 1.54) is 19.4 Å². The van der Waals surface area contributed by atoms with Crippen molar-refractivity contribution < 1.29 is 4.79 Å². The second-order valence-corrected chi connectivity index (χ2v) is 6.22. The van der Waals surface area contributed by atoms with Gasteiger partial charge in [0.05, 0.1) is 11.4 Å². The van der Waals surface area contributed by atoms with Gasteiger partial charge in [0.25, 0.3) is 5.91 Å². The Morgan fingerprint density at radius 2 is 1.95 bits per heavy atom. The molecule has 6 heteroatoms. The normalized spacial score (nSPS) is 20.0. The van der Waals surface area contributed by atoms with Gasteiger partial charge in [-0.05, 0) is 25.2 Å². The van der Waals surface area contributed by atoms with E-state index in [1.54, 1.807) is 11.7 Å². The molecule has 0 spiro atoms. The van der Waals surface area contributed by atoms with E-state index in [4.69, 9.17) is 5.73 Å². The molecule has 1 aliphatic carbocycles. The monoisotopic (exact) mass is 291 g/mol. The van der Waals surface area contributed by atoms with Gasteiger partial charge in [-0.15, -0.1) is 0 Å². The first-order valence-electron chi connectivity index (χ1n) is 7.93. The number of nitrogens with two attached hydrogens (primary N) is 1. The lowest BCUT2D eigenvalue weighted by atomic mass is 10.2. The van der Waals surface area contributed by atoms with Crippen molar-refractivity contribution in [3.8, 4) is 0 Å². The van der Waals surface area contributed by atoms with E-state index >= 15 is 0 Å². The van der Waals surface area contributed by atoms with E-state index in [-0.39, 0.29) is 5.91 Å². The van der Waals surface area contributed by atoms with Crippen LogP contribution >= 0.6 is 0 Å². The van der Waals surface area contributed by atoms with Gasteiger partial charge in [-0.25, -0.2) is 0 Å². The summed E-state index contributed by atoms with van der Waals surface area (Å²) >= 11 is 0. The number of piperazine rings is 1. The molecule has 1 aromatic heterocycles. The minimum atomic E-state index is 0.0215. The van der Waals surface area contributed by atoms with Crippen LogP contribution in [0.25, 0.3) is 0 Å². The summed E-state index contributed by atoms with van der Waals surface area (Å²) < 4.78 is 1.63. The van der Waals surface area contributed by atoms with Crippen molar-refractivity contribution >= 4 is 11.6 Å². The molecular weight excluding hydrogens is 266 g/mol. The third-order valence-electron chi connectivity index (χ3n) is 4.57. The van der Waals surface area contributed by atoms with Crippen molar-refractivity contribution in [1.82, 2.24) is 19.6 Å². The largest absolute Gasteiger partial charge is 0.395 e. The summed E-state index contributed by atoms with van der Waals surface area (Å²) in [5, 5.41) is 4.34. The zero-order chi connectivity index (χ0) is 15.0. The van der Waals surface area contributed by atoms with E-state index in [9.17, 15) is 4.79 Å². The summed E-state index contributed by atoms with van der Waals surface area (Å²) in [6, 6.07) is 0. The fraction of sp³-hybridized carbons (Fsp3) is 0.733. The average Bonchev–Trinajstić information content (AvgIpc) is 3.24. The minimum Gasteiger partial charge on any atom is -0.395 e. The molecule has 0 atom stereocenters. The van der Waals surface area contributed by atoms with Crippen LogP contribution in [0.4, 0.5) is 5.69 Å². The van der Waals surface area contributed by atoms with Gasteiger partial charge in [-0.3, -0.25) is 14.4 Å². The average molecular weight is 291 g/mol. The van der Waals surface area contributed by atoms with Crippen LogP contribution < -0.4 is 5.73 Å². The molecule has 1 aliphatic heterocycles. The molecule has 3 rings (SSSR count). The van der Waals surface area contributed by atoms with E-state index < -0.39 is 0 Å². The number of carbonyl (C=O) groups is 1. The third-order valence-corrected chi connectivity index (χ3v) is 4.57. The second-order valence-electron chi connectivity index (χ2n) is 6.22. The maximum absolute atomic E-state index is 12.7. The molecule has 2 aliphatic rings. The fourth-order valence-electron chi connectivity index (χ4n) is 3.06. The molecule has 2 N–H and O–H groups in total. The van der Waals surface area contributed by atoms with Gasteiger partial charge in [-0.2, -0.15) is 5.10 Å². The Labute approximate surface area is 125 Å². The maximum Gasteiger partial charge on any atom is 0.274 e. The molecular formula is C15H25N5O. The zero-order valence-electron chi connectivity index (χ0n) is 13.0. The number of nitrogens with zero attached hydrogens (tertiary/aromatic N) is 4. The second kappa shape index (κ2) is 5.67. The molecule has 1 saturated carbocycles. The Kier molecular flexibility index (Phi) is 3.89. The van der Waals surface area contributed by atoms with Gasteiger partial charge in [0, 0.05) is 39.8 Å². The first-order chi connectivity index (χ1) is 10.1. The van der Waals surface area contributed by atoms with Gasteiger partial charge < -0.3 is 10.6 Å². The number of hydrogen-bond donors (Lipinski definition) is 1. The van der Waals surface area contributed by atoms with Gasteiger partial charge in [0.15, 0.2) is 0 Å². The Hall–Kier alpha value is -1.56. The standard InChI is InChI=1S/C15H25N5O/c1-3-12-13(16)14(18(2)17-12)15(21)20-8-6-19(7-9-20)10-11-4-5-11/h11H,3-10,16H2,1-2H3. The van der Waals surface area contributed by atoms with Crippen LogP contribution in [0.5, 0.6) is 0 Å². The SMILES string of the molecule is CCc1nn(C)c(C(=O)N2CCN(CC3CC3)CC2)c1N. The number of hydrogen-bond acceptors (Lipinski definition) is 4. The van der Waals surface area contributed by atoms with Crippen LogP contribution in [0.2, 0.25) is 0 Å². The predicted molar refractivity (Wildman–Crippen MR) is 82.1 cm³/mol. The molecule has 1 aromatic rings. The van der Waals surface area contributed by atoms with Crippen molar-refractivity contribution in [3.63, 3.8) is 0 Å². The fourth-order valence-corrected chi connectivity index (χ4v) is 3.06. The van der Waals surface area contributed by atoms with Crippen LogP contribution in [-0.4, -0.2) is 58.2 Å². The van der Waals surface area contributed by atoms with Crippen LogP contribution in [0.1, 0.15) is 35.9 Å². The van der Waals surface area contributed by atoms with Crippen molar-refractivity contribution in [2.45, 2.75) is 26.2 Å². The van der Waals surface area contributed by atoms with E-state index in [0.29, 0.717) is 11.4 Å². The number of aromatic nitrogens is 2. The van der Waals surface area contributed by atoms with Crippen LogP contribution in [-0.2, 0) is 13.5 Å². The minimum absolute atomic E-state index is 0.0215. The van der Waals surface area contributed by atoms with Crippen LogP contribution in [0.15, 0.2) is 0 Å². The Morgan fingerprint density at radius 3 is 2.48 bits per heavy atom. The lowest BCUT2D eigenvalue weighted by molar-refractivity contribution is 0.0622. The van der Waals surface area contributed by atoms with Gasteiger partial charge >= 0.3 is 0 Å². The number of amides is 1. The molecule has 6 nitrogen and oxygen atoms in total. The molecule has 0 aromatic carbocycles. The predicted octanol–water partition coefficient (Wildman–Crippen LogP) is 0.733. The number of rotatable bonds is 4. The van der Waals surface area contributed by atoms with Gasteiger partial charge in [0.1, 0.15) is 5.69 Å². The zero-order valence-corrected chi connectivity index (χ0v) is 13.0. The molecule has 1 amide bonds. The smallest absolute Gasteiger partial charge is 0.274 e. The van der Waals surface area contributed by atoms with E-state index in [1.807, 2.05) is 11.8 Å². The van der Waals surface area contributed by atoms with E-state index in [0.717, 1.165) is 44.2 Å². The van der Waals surface area contributed by atoms with E-state index in [2.05, 4.69) is 10.00 Å². The molecule has 0 unspecified atom stereocenters. The first-order valence-corrected chi connectivity index (χ1v) is 7.93. The summed E-state index contributed by atoms with van der Waals surface area (Å²) in [6.45, 7) is 6.73. The topological polar surface area (TPSA) is 67.4 Å². The Bertz CT molecular complexity index is 526. The quantitative estimate of drug-likeness (QED) is 0.888. The van der Waals surface area contributed by atoms with Crippen molar-refractivity contribution in [2.75, 3.05) is 38.5 Å². The van der Waals surface area contributed by atoms with Crippen molar-refractivity contribution in [3.05, 3.63) is 11.4 Å². The number of nitrogen functional groups attached to an aromatic ring is 1. The van der Waals surface area contributed by atoms with Gasteiger partial charge in [0.2, 0.25) is 0 Å². The van der Waals surface area contributed by atoms with Crippen molar-refractivity contribution in [1.29, 1.82) is 0 Å².